The third-order valence-corrected chi connectivity index (χ3v) is 2.73. The van der Waals surface area contributed by atoms with Crippen molar-refractivity contribution in [2.24, 2.45) is 0 Å². The molecule has 0 bridgehead atoms. The minimum absolute atomic E-state index is 0.129. The molecule has 3 N–H and O–H groups in total. The fourth-order valence-electron chi connectivity index (χ4n) is 1.73. The Hall–Kier alpha value is -0.980. The van der Waals surface area contributed by atoms with Crippen molar-refractivity contribution in [3.63, 3.8) is 0 Å². The summed E-state index contributed by atoms with van der Waals surface area (Å²) in [6.45, 7) is 0.532. The van der Waals surface area contributed by atoms with E-state index in [0.717, 1.165) is 5.56 Å². The highest BCUT2D eigenvalue weighted by Crippen LogP contribution is 2.19. The first-order chi connectivity index (χ1) is 8.18. The Morgan fingerprint density at radius 3 is 2.35 bits per heavy atom. The van der Waals surface area contributed by atoms with Gasteiger partial charge in [0.25, 0.3) is 0 Å². The molecule has 1 aromatic carbocycles. The van der Waals surface area contributed by atoms with Crippen LogP contribution in [0.5, 0.6) is 0 Å². The molecule has 0 saturated carbocycles. The van der Waals surface area contributed by atoms with E-state index < -0.39 is 24.6 Å². The zero-order chi connectivity index (χ0) is 12.3. The van der Waals surface area contributed by atoms with Crippen molar-refractivity contribution in [1.82, 2.24) is 0 Å². The van der Waals surface area contributed by atoms with Crippen LogP contribution in [0.15, 0.2) is 30.3 Å². The largest absolute Gasteiger partial charge is 0.387 e. The van der Waals surface area contributed by atoms with Crippen LogP contribution in [0.25, 0.3) is 0 Å². The summed E-state index contributed by atoms with van der Waals surface area (Å²) in [5, 5.41) is 27.9. The molecule has 5 nitrogen and oxygen atoms in total. The molecule has 5 heteroatoms. The molecule has 0 amide bonds. The van der Waals surface area contributed by atoms with Crippen LogP contribution in [0, 0.1) is 0 Å². The lowest BCUT2D eigenvalue weighted by molar-refractivity contribution is -0.137. The second kappa shape index (κ2) is 5.57. The van der Waals surface area contributed by atoms with Gasteiger partial charge in [0.05, 0.1) is 13.2 Å². The van der Waals surface area contributed by atoms with E-state index in [1.807, 2.05) is 30.3 Å². The van der Waals surface area contributed by atoms with Crippen LogP contribution >= 0.6 is 0 Å². The minimum Gasteiger partial charge on any atom is -0.387 e. The van der Waals surface area contributed by atoms with Crippen LogP contribution < -0.4 is 0 Å². The van der Waals surface area contributed by atoms with Gasteiger partial charge in [0.15, 0.2) is 6.29 Å². The third kappa shape index (κ3) is 3.02. The number of ether oxygens (including phenoxy) is 2. The summed E-state index contributed by atoms with van der Waals surface area (Å²) >= 11 is 0. The first-order valence-corrected chi connectivity index (χ1v) is 5.50. The molecular formula is C12H16O5. The second-order valence-corrected chi connectivity index (χ2v) is 4.05. The zero-order valence-corrected chi connectivity index (χ0v) is 9.27. The lowest BCUT2D eigenvalue weighted by atomic mass is 10.1. The molecule has 94 valence electrons. The fourth-order valence-corrected chi connectivity index (χ4v) is 1.73. The van der Waals surface area contributed by atoms with E-state index in [2.05, 4.69) is 0 Å². The standard InChI is InChI=1S/C12H16O5/c13-10-9(17-12(15)11(10)14)7-16-6-8-4-2-1-3-5-8/h1-5,9-15H,6-7H2/t9-,10-,11+,12?/m1/s1. The molecule has 0 aliphatic carbocycles. The Kier molecular flexibility index (Phi) is 4.09. The van der Waals surface area contributed by atoms with Crippen molar-refractivity contribution in [3.05, 3.63) is 35.9 Å². The molecule has 0 radical (unpaired) electrons. The third-order valence-electron chi connectivity index (χ3n) is 2.73. The Bertz CT molecular complexity index is 342. The fraction of sp³-hybridized carbons (Fsp3) is 0.500. The number of hydrogen-bond donors (Lipinski definition) is 3. The molecule has 1 aromatic rings. The average molecular weight is 240 g/mol. The molecular weight excluding hydrogens is 224 g/mol. The highest BCUT2D eigenvalue weighted by molar-refractivity contribution is 5.13. The van der Waals surface area contributed by atoms with E-state index in [4.69, 9.17) is 14.6 Å². The topological polar surface area (TPSA) is 79.2 Å². The van der Waals surface area contributed by atoms with E-state index in [0.29, 0.717) is 6.61 Å². The van der Waals surface area contributed by atoms with Gasteiger partial charge in [0, 0.05) is 0 Å². The SMILES string of the molecule is OC1O[C@H](COCc2ccccc2)[C@@H](O)[C@@H]1O. The summed E-state index contributed by atoms with van der Waals surface area (Å²) in [6.07, 6.45) is -4.40. The molecule has 17 heavy (non-hydrogen) atoms. The first kappa shape index (κ1) is 12.5. The zero-order valence-electron chi connectivity index (χ0n) is 9.27. The second-order valence-electron chi connectivity index (χ2n) is 4.05. The number of rotatable bonds is 4. The van der Waals surface area contributed by atoms with E-state index in [1.165, 1.54) is 0 Å². The van der Waals surface area contributed by atoms with Crippen LogP contribution in [-0.4, -0.2) is 46.5 Å². The van der Waals surface area contributed by atoms with Crippen molar-refractivity contribution in [3.8, 4) is 0 Å². The predicted octanol–water partition coefficient (Wildman–Crippen LogP) is -0.358. The van der Waals surface area contributed by atoms with Crippen LogP contribution in [0.1, 0.15) is 5.56 Å². The summed E-state index contributed by atoms with van der Waals surface area (Å²) < 4.78 is 10.3. The van der Waals surface area contributed by atoms with Crippen molar-refractivity contribution in [2.75, 3.05) is 6.61 Å². The predicted molar refractivity (Wildman–Crippen MR) is 59.0 cm³/mol. The maximum absolute atomic E-state index is 9.51. The molecule has 1 saturated heterocycles. The van der Waals surface area contributed by atoms with Crippen LogP contribution in [0.2, 0.25) is 0 Å². The van der Waals surface area contributed by atoms with E-state index in [9.17, 15) is 10.2 Å². The Morgan fingerprint density at radius 1 is 1.06 bits per heavy atom. The van der Waals surface area contributed by atoms with Gasteiger partial charge in [-0.1, -0.05) is 30.3 Å². The average Bonchev–Trinajstić information content (AvgIpc) is 2.59. The quantitative estimate of drug-likeness (QED) is 0.670. The Balaban J connectivity index is 1.76. The lowest BCUT2D eigenvalue weighted by Crippen LogP contribution is -2.34. The van der Waals surface area contributed by atoms with Crippen LogP contribution in [-0.2, 0) is 16.1 Å². The van der Waals surface area contributed by atoms with Crippen molar-refractivity contribution < 1.29 is 24.8 Å². The van der Waals surface area contributed by atoms with Gasteiger partial charge in [-0.05, 0) is 5.56 Å². The maximum atomic E-state index is 9.51. The van der Waals surface area contributed by atoms with Crippen molar-refractivity contribution in [1.29, 1.82) is 0 Å². The molecule has 0 aromatic heterocycles. The monoisotopic (exact) mass is 240 g/mol. The highest BCUT2D eigenvalue weighted by atomic mass is 16.7. The summed E-state index contributed by atoms with van der Waals surface area (Å²) in [7, 11) is 0. The first-order valence-electron chi connectivity index (χ1n) is 5.50. The van der Waals surface area contributed by atoms with Gasteiger partial charge in [-0.2, -0.15) is 0 Å². The van der Waals surface area contributed by atoms with Crippen molar-refractivity contribution in [2.45, 2.75) is 31.2 Å². The molecule has 4 atom stereocenters. The van der Waals surface area contributed by atoms with Gasteiger partial charge in [-0.25, -0.2) is 0 Å². The molecule has 1 aliphatic heterocycles. The van der Waals surface area contributed by atoms with Gasteiger partial charge < -0.3 is 24.8 Å². The summed E-state index contributed by atoms with van der Waals surface area (Å²) in [4.78, 5) is 0. The minimum atomic E-state index is -1.34. The molecule has 2 rings (SSSR count). The van der Waals surface area contributed by atoms with Gasteiger partial charge in [0.2, 0.25) is 0 Å². The summed E-state index contributed by atoms with van der Waals surface area (Å²) in [6, 6.07) is 9.59. The van der Waals surface area contributed by atoms with Crippen molar-refractivity contribution >= 4 is 0 Å². The summed E-state index contributed by atoms with van der Waals surface area (Å²) in [5.74, 6) is 0. The maximum Gasteiger partial charge on any atom is 0.184 e. The van der Waals surface area contributed by atoms with Gasteiger partial charge in [-0.3, -0.25) is 0 Å². The number of aliphatic hydroxyl groups is 3. The van der Waals surface area contributed by atoms with Gasteiger partial charge >= 0.3 is 0 Å². The Labute approximate surface area is 99.2 Å². The smallest absolute Gasteiger partial charge is 0.184 e. The van der Waals surface area contributed by atoms with Crippen LogP contribution in [0.3, 0.4) is 0 Å². The molecule has 1 heterocycles. The summed E-state index contributed by atoms with van der Waals surface area (Å²) in [5.41, 5.74) is 1.01. The number of hydrogen-bond acceptors (Lipinski definition) is 5. The highest BCUT2D eigenvalue weighted by Gasteiger charge is 2.41. The van der Waals surface area contributed by atoms with Gasteiger partial charge in [0.1, 0.15) is 18.3 Å². The van der Waals surface area contributed by atoms with Gasteiger partial charge in [-0.15, -0.1) is 0 Å². The van der Waals surface area contributed by atoms with Crippen LogP contribution in [0.4, 0.5) is 0 Å². The molecule has 1 fully saturated rings. The number of aliphatic hydroxyl groups excluding tert-OH is 3. The lowest BCUT2D eigenvalue weighted by Gasteiger charge is -2.14. The van der Waals surface area contributed by atoms with E-state index >= 15 is 0 Å². The molecule has 0 spiro atoms. The van der Waals surface area contributed by atoms with E-state index in [1.54, 1.807) is 0 Å². The number of benzene rings is 1. The van der Waals surface area contributed by atoms with E-state index in [-0.39, 0.29) is 6.61 Å². The molecule has 1 unspecified atom stereocenters. The Morgan fingerprint density at radius 2 is 1.76 bits per heavy atom. The normalized spacial score (nSPS) is 32.9. The molecule has 1 aliphatic rings.